The zero-order valence-corrected chi connectivity index (χ0v) is 12.3. The average molecular weight is 269 g/mol. The van der Waals surface area contributed by atoms with Gasteiger partial charge in [-0.05, 0) is 20.0 Å². The lowest BCUT2D eigenvalue weighted by Crippen LogP contribution is -2.23. The quantitative estimate of drug-likeness (QED) is 0.798. The zero-order valence-electron chi connectivity index (χ0n) is 11.5. The molecule has 0 aliphatic carbocycles. The lowest BCUT2D eigenvalue weighted by molar-refractivity contribution is 0.196. The standard InChI is InChI=1S/C14H23NO2S/c1-10(16)11(2)18-9-13(15-3)12-7-5-6-8-14(12)17-4/h5-8,10-11,13,15-16H,9H2,1-4H3. The van der Waals surface area contributed by atoms with Crippen LogP contribution in [0.3, 0.4) is 0 Å². The molecule has 0 aliphatic heterocycles. The molecule has 1 aromatic carbocycles. The highest BCUT2D eigenvalue weighted by Crippen LogP contribution is 2.28. The van der Waals surface area contributed by atoms with Gasteiger partial charge in [0.25, 0.3) is 0 Å². The number of hydrogen-bond acceptors (Lipinski definition) is 4. The molecule has 0 saturated carbocycles. The summed E-state index contributed by atoms with van der Waals surface area (Å²) in [6, 6.07) is 8.27. The summed E-state index contributed by atoms with van der Waals surface area (Å²) in [6.07, 6.45) is -0.287. The highest BCUT2D eigenvalue weighted by molar-refractivity contribution is 7.99. The molecule has 0 saturated heterocycles. The van der Waals surface area contributed by atoms with Crippen molar-refractivity contribution < 1.29 is 9.84 Å². The van der Waals surface area contributed by atoms with Crippen LogP contribution >= 0.6 is 11.8 Å². The van der Waals surface area contributed by atoms with E-state index >= 15 is 0 Å². The molecule has 0 aromatic heterocycles. The highest BCUT2D eigenvalue weighted by Gasteiger charge is 2.17. The van der Waals surface area contributed by atoms with E-state index in [1.807, 2.05) is 39.1 Å². The van der Waals surface area contributed by atoms with Crippen LogP contribution in [0.25, 0.3) is 0 Å². The Bertz CT molecular complexity index is 357. The summed E-state index contributed by atoms with van der Waals surface area (Å²) in [4.78, 5) is 0. The molecule has 0 bridgehead atoms. The molecule has 3 nitrogen and oxygen atoms in total. The average Bonchev–Trinajstić information content (AvgIpc) is 2.39. The number of methoxy groups -OCH3 is 1. The molecule has 3 atom stereocenters. The van der Waals surface area contributed by atoms with Gasteiger partial charge in [0.2, 0.25) is 0 Å². The summed E-state index contributed by atoms with van der Waals surface area (Å²) in [5.74, 6) is 1.81. The largest absolute Gasteiger partial charge is 0.496 e. The van der Waals surface area contributed by atoms with Gasteiger partial charge < -0.3 is 15.2 Å². The van der Waals surface area contributed by atoms with Crippen molar-refractivity contribution in [1.29, 1.82) is 0 Å². The Kier molecular flexibility index (Phi) is 6.54. The van der Waals surface area contributed by atoms with E-state index in [0.717, 1.165) is 17.1 Å². The van der Waals surface area contributed by atoms with Crippen LogP contribution in [0.15, 0.2) is 24.3 Å². The zero-order chi connectivity index (χ0) is 13.5. The SMILES string of the molecule is CNC(CSC(C)C(C)O)c1ccccc1OC. The van der Waals surface area contributed by atoms with Crippen LogP contribution in [0.2, 0.25) is 0 Å². The number of ether oxygens (including phenoxy) is 1. The molecule has 0 aliphatic rings. The molecule has 0 radical (unpaired) electrons. The Morgan fingerprint density at radius 1 is 1.33 bits per heavy atom. The van der Waals surface area contributed by atoms with E-state index in [9.17, 15) is 5.11 Å². The predicted octanol–water partition coefficient (Wildman–Crippen LogP) is 2.46. The fourth-order valence-electron chi connectivity index (χ4n) is 1.67. The Hall–Kier alpha value is -0.710. The van der Waals surface area contributed by atoms with E-state index in [0.29, 0.717) is 0 Å². The van der Waals surface area contributed by atoms with Crippen molar-refractivity contribution in [3.05, 3.63) is 29.8 Å². The first kappa shape index (κ1) is 15.3. The number of benzene rings is 1. The van der Waals surface area contributed by atoms with Crippen LogP contribution in [0, 0.1) is 0 Å². The summed E-state index contributed by atoms with van der Waals surface area (Å²) in [5, 5.41) is 13.0. The normalized spacial score (nSPS) is 16.1. The smallest absolute Gasteiger partial charge is 0.123 e. The van der Waals surface area contributed by atoms with E-state index in [-0.39, 0.29) is 17.4 Å². The fourth-order valence-corrected chi connectivity index (χ4v) is 2.79. The van der Waals surface area contributed by atoms with Crippen molar-refractivity contribution >= 4 is 11.8 Å². The number of hydrogen-bond donors (Lipinski definition) is 2. The summed E-state index contributed by atoms with van der Waals surface area (Å²) in [7, 11) is 3.64. The third-order valence-electron chi connectivity index (χ3n) is 3.07. The summed E-state index contributed by atoms with van der Waals surface area (Å²) in [5.41, 5.74) is 1.16. The Labute approximate surface area is 114 Å². The number of aliphatic hydroxyl groups excluding tert-OH is 1. The summed E-state index contributed by atoms with van der Waals surface area (Å²) >= 11 is 1.76. The van der Waals surface area contributed by atoms with Crippen LogP contribution in [0.1, 0.15) is 25.5 Å². The molecule has 1 aromatic rings. The summed E-state index contributed by atoms with van der Waals surface area (Å²) < 4.78 is 5.38. The number of para-hydroxylation sites is 1. The molecular formula is C14H23NO2S. The molecule has 0 amide bonds. The van der Waals surface area contributed by atoms with Gasteiger partial charge in [0.05, 0.1) is 13.2 Å². The van der Waals surface area contributed by atoms with Crippen LogP contribution in [0.4, 0.5) is 0 Å². The van der Waals surface area contributed by atoms with Gasteiger partial charge in [0.15, 0.2) is 0 Å². The minimum absolute atomic E-state index is 0.229. The highest BCUT2D eigenvalue weighted by atomic mass is 32.2. The lowest BCUT2D eigenvalue weighted by atomic mass is 10.1. The van der Waals surface area contributed by atoms with E-state index in [1.54, 1.807) is 18.9 Å². The first-order valence-electron chi connectivity index (χ1n) is 6.20. The van der Waals surface area contributed by atoms with Crippen molar-refractivity contribution in [3.8, 4) is 5.75 Å². The molecule has 4 heteroatoms. The molecule has 1 rings (SSSR count). The lowest BCUT2D eigenvalue weighted by Gasteiger charge is -2.22. The molecule has 18 heavy (non-hydrogen) atoms. The molecule has 0 heterocycles. The Morgan fingerprint density at radius 3 is 2.56 bits per heavy atom. The third-order valence-corrected chi connectivity index (χ3v) is 4.51. The number of thioether (sulfide) groups is 1. The van der Waals surface area contributed by atoms with Gasteiger partial charge in [-0.1, -0.05) is 25.1 Å². The fraction of sp³-hybridized carbons (Fsp3) is 0.571. The maximum absolute atomic E-state index is 9.51. The topological polar surface area (TPSA) is 41.5 Å². The molecule has 3 unspecified atom stereocenters. The van der Waals surface area contributed by atoms with Gasteiger partial charge in [-0.15, -0.1) is 0 Å². The minimum atomic E-state index is -0.287. The number of nitrogens with one attached hydrogen (secondary N) is 1. The Morgan fingerprint density at radius 2 is 2.00 bits per heavy atom. The van der Waals surface area contributed by atoms with Crippen molar-refractivity contribution in [1.82, 2.24) is 5.32 Å². The van der Waals surface area contributed by atoms with Gasteiger partial charge in [0.1, 0.15) is 5.75 Å². The van der Waals surface area contributed by atoms with Crippen LogP contribution in [-0.2, 0) is 0 Å². The van der Waals surface area contributed by atoms with E-state index < -0.39 is 0 Å². The first-order chi connectivity index (χ1) is 8.60. The van der Waals surface area contributed by atoms with E-state index in [2.05, 4.69) is 11.4 Å². The van der Waals surface area contributed by atoms with Gasteiger partial charge in [0, 0.05) is 22.6 Å². The Balaban J connectivity index is 2.71. The number of aliphatic hydroxyl groups is 1. The first-order valence-corrected chi connectivity index (χ1v) is 7.24. The van der Waals surface area contributed by atoms with Crippen LogP contribution in [0.5, 0.6) is 5.75 Å². The van der Waals surface area contributed by atoms with Gasteiger partial charge in [-0.25, -0.2) is 0 Å². The van der Waals surface area contributed by atoms with Crippen molar-refractivity contribution in [3.63, 3.8) is 0 Å². The second kappa shape index (κ2) is 7.67. The van der Waals surface area contributed by atoms with E-state index in [1.165, 1.54) is 0 Å². The van der Waals surface area contributed by atoms with Crippen molar-refractivity contribution in [2.24, 2.45) is 0 Å². The molecule has 0 fully saturated rings. The molecule has 102 valence electrons. The molecule has 0 spiro atoms. The monoisotopic (exact) mass is 269 g/mol. The predicted molar refractivity (Wildman–Crippen MR) is 78.4 cm³/mol. The maximum atomic E-state index is 9.51. The van der Waals surface area contributed by atoms with E-state index in [4.69, 9.17) is 4.74 Å². The second-order valence-electron chi connectivity index (χ2n) is 4.36. The second-order valence-corrected chi connectivity index (χ2v) is 5.77. The van der Waals surface area contributed by atoms with Crippen LogP contribution < -0.4 is 10.1 Å². The van der Waals surface area contributed by atoms with Gasteiger partial charge in [-0.3, -0.25) is 0 Å². The minimum Gasteiger partial charge on any atom is -0.496 e. The van der Waals surface area contributed by atoms with Gasteiger partial charge >= 0.3 is 0 Å². The van der Waals surface area contributed by atoms with Gasteiger partial charge in [-0.2, -0.15) is 11.8 Å². The van der Waals surface area contributed by atoms with Crippen LogP contribution in [-0.4, -0.2) is 36.4 Å². The molecule has 2 N–H and O–H groups in total. The summed E-state index contributed by atoms with van der Waals surface area (Å²) in [6.45, 7) is 3.87. The maximum Gasteiger partial charge on any atom is 0.123 e. The third kappa shape index (κ3) is 4.19. The number of rotatable bonds is 7. The molecular weight excluding hydrogens is 246 g/mol. The van der Waals surface area contributed by atoms with Crippen molar-refractivity contribution in [2.75, 3.05) is 19.9 Å². The van der Waals surface area contributed by atoms with Crippen molar-refractivity contribution in [2.45, 2.75) is 31.2 Å².